The van der Waals surface area contributed by atoms with Gasteiger partial charge in [-0.25, -0.2) is 4.79 Å². The number of ether oxygens (including phenoxy) is 1. The molecule has 7 heteroatoms. The fourth-order valence-corrected chi connectivity index (χ4v) is 1.70. The van der Waals surface area contributed by atoms with Crippen LogP contribution < -0.4 is 15.8 Å². The summed E-state index contributed by atoms with van der Waals surface area (Å²) in [6, 6.07) is 6.03. The molecule has 0 aromatic heterocycles. The number of unbranched alkanes of at least 4 members (excludes halogenated alkanes) is 2. The number of rotatable bonds is 8. The van der Waals surface area contributed by atoms with Gasteiger partial charge in [-0.1, -0.05) is 18.6 Å². The molecule has 1 aromatic rings. The van der Waals surface area contributed by atoms with Crippen molar-refractivity contribution in [2.75, 3.05) is 6.54 Å². The van der Waals surface area contributed by atoms with Crippen LogP contribution in [0.25, 0.3) is 0 Å². The Labute approximate surface area is 122 Å². The molecular formula is C14H19N3O4. The van der Waals surface area contributed by atoms with Crippen molar-refractivity contribution in [3.63, 3.8) is 0 Å². The molecule has 1 aromatic carbocycles. The molecule has 0 spiro atoms. The number of carboxylic acid groups (broad SMARTS) is 1. The van der Waals surface area contributed by atoms with Crippen molar-refractivity contribution in [3.05, 3.63) is 29.8 Å². The van der Waals surface area contributed by atoms with E-state index in [1.807, 2.05) is 0 Å². The van der Waals surface area contributed by atoms with Crippen LogP contribution in [0.1, 0.15) is 36.0 Å². The smallest absolute Gasteiger partial charge is 0.339 e. The largest absolute Gasteiger partial charge is 0.478 e. The molecule has 0 unspecified atom stereocenters. The minimum Gasteiger partial charge on any atom is -0.478 e. The quantitative estimate of drug-likeness (QED) is 0.188. The number of carbonyl (C=O) groups excluding carboxylic acids is 1. The summed E-state index contributed by atoms with van der Waals surface area (Å²) in [6.07, 6.45) is 2.43. The third-order valence-electron chi connectivity index (χ3n) is 2.71. The van der Waals surface area contributed by atoms with Crippen LogP contribution in [0, 0.1) is 5.41 Å². The van der Waals surface area contributed by atoms with Crippen LogP contribution in [-0.4, -0.2) is 29.5 Å². The van der Waals surface area contributed by atoms with Crippen molar-refractivity contribution in [2.24, 2.45) is 5.73 Å². The molecule has 1 rings (SSSR count). The van der Waals surface area contributed by atoms with Crippen molar-refractivity contribution in [1.29, 1.82) is 5.41 Å². The molecular weight excluding hydrogens is 274 g/mol. The molecule has 5 N–H and O–H groups in total. The number of carbonyl (C=O) groups is 2. The monoisotopic (exact) mass is 293 g/mol. The SMILES string of the molecule is N=C(N)NCCCCCC(=O)Oc1ccccc1C(=O)O. The summed E-state index contributed by atoms with van der Waals surface area (Å²) < 4.78 is 5.06. The number of guanidine groups is 1. The van der Waals surface area contributed by atoms with E-state index in [4.69, 9.17) is 21.0 Å². The van der Waals surface area contributed by atoms with Crippen LogP contribution in [0.3, 0.4) is 0 Å². The van der Waals surface area contributed by atoms with Crippen molar-refractivity contribution in [3.8, 4) is 5.75 Å². The number of hydrogen-bond donors (Lipinski definition) is 4. The molecule has 0 atom stereocenters. The van der Waals surface area contributed by atoms with Crippen molar-refractivity contribution < 1.29 is 19.4 Å². The number of aromatic carboxylic acids is 1. The van der Waals surface area contributed by atoms with Gasteiger partial charge in [0.2, 0.25) is 0 Å². The highest BCUT2D eigenvalue weighted by Crippen LogP contribution is 2.18. The van der Waals surface area contributed by atoms with Gasteiger partial charge in [-0.05, 0) is 25.0 Å². The summed E-state index contributed by atoms with van der Waals surface area (Å²) in [5, 5.41) is 18.6. The molecule has 0 bridgehead atoms. The van der Waals surface area contributed by atoms with Crippen LogP contribution in [0.15, 0.2) is 24.3 Å². The number of carboxylic acids is 1. The van der Waals surface area contributed by atoms with Gasteiger partial charge >= 0.3 is 11.9 Å². The minimum absolute atomic E-state index is 0.0310. The van der Waals surface area contributed by atoms with Gasteiger partial charge in [-0.15, -0.1) is 0 Å². The zero-order chi connectivity index (χ0) is 15.7. The normalized spacial score (nSPS) is 9.90. The summed E-state index contributed by atoms with van der Waals surface area (Å²) >= 11 is 0. The van der Waals surface area contributed by atoms with E-state index in [0.717, 1.165) is 12.8 Å². The second-order valence-corrected chi connectivity index (χ2v) is 4.43. The number of para-hydroxylation sites is 1. The first kappa shape index (κ1) is 16.5. The van der Waals surface area contributed by atoms with Crippen LogP contribution in [-0.2, 0) is 4.79 Å². The maximum atomic E-state index is 11.6. The summed E-state index contributed by atoms with van der Waals surface area (Å²) in [5.74, 6) is -1.59. The van der Waals surface area contributed by atoms with E-state index >= 15 is 0 Å². The second kappa shape index (κ2) is 8.57. The lowest BCUT2D eigenvalue weighted by atomic mass is 10.2. The Bertz CT molecular complexity index is 517. The average molecular weight is 293 g/mol. The highest BCUT2D eigenvalue weighted by molar-refractivity contribution is 5.91. The number of benzene rings is 1. The van der Waals surface area contributed by atoms with Gasteiger partial charge in [0.05, 0.1) is 0 Å². The molecule has 0 aliphatic carbocycles. The predicted molar refractivity (Wildman–Crippen MR) is 77.4 cm³/mol. The Morgan fingerprint density at radius 3 is 2.62 bits per heavy atom. The Balaban J connectivity index is 2.31. The topological polar surface area (TPSA) is 126 Å². The van der Waals surface area contributed by atoms with Gasteiger partial charge in [0.25, 0.3) is 0 Å². The molecule has 0 radical (unpaired) electrons. The third kappa shape index (κ3) is 6.42. The van der Waals surface area contributed by atoms with Gasteiger partial charge in [-0.2, -0.15) is 0 Å². The molecule has 7 nitrogen and oxygen atoms in total. The minimum atomic E-state index is -1.13. The van der Waals surface area contributed by atoms with E-state index in [9.17, 15) is 9.59 Å². The molecule has 0 amide bonds. The highest BCUT2D eigenvalue weighted by Gasteiger charge is 2.13. The van der Waals surface area contributed by atoms with Gasteiger partial charge in [0.1, 0.15) is 11.3 Å². The van der Waals surface area contributed by atoms with Gasteiger partial charge in [-0.3, -0.25) is 10.2 Å². The predicted octanol–water partition coefficient (Wildman–Crippen LogP) is 1.33. The molecule has 21 heavy (non-hydrogen) atoms. The zero-order valence-corrected chi connectivity index (χ0v) is 11.6. The average Bonchev–Trinajstić information content (AvgIpc) is 2.42. The maximum absolute atomic E-state index is 11.6. The van der Waals surface area contributed by atoms with Gasteiger partial charge < -0.3 is 20.9 Å². The first-order valence-electron chi connectivity index (χ1n) is 6.61. The summed E-state index contributed by atoms with van der Waals surface area (Å²) in [6.45, 7) is 0.590. The molecule has 0 saturated carbocycles. The van der Waals surface area contributed by atoms with Crippen LogP contribution in [0.5, 0.6) is 5.75 Å². The fraction of sp³-hybridized carbons (Fsp3) is 0.357. The lowest BCUT2D eigenvalue weighted by Crippen LogP contribution is -2.30. The van der Waals surface area contributed by atoms with Gasteiger partial charge in [0, 0.05) is 13.0 Å². The van der Waals surface area contributed by atoms with E-state index in [1.165, 1.54) is 12.1 Å². The number of esters is 1. The lowest BCUT2D eigenvalue weighted by Gasteiger charge is -2.07. The van der Waals surface area contributed by atoms with Gasteiger partial charge in [0.15, 0.2) is 5.96 Å². The van der Waals surface area contributed by atoms with Crippen molar-refractivity contribution in [1.82, 2.24) is 5.32 Å². The second-order valence-electron chi connectivity index (χ2n) is 4.43. The van der Waals surface area contributed by atoms with Crippen molar-refractivity contribution >= 4 is 17.9 Å². The van der Waals surface area contributed by atoms with Crippen molar-refractivity contribution in [2.45, 2.75) is 25.7 Å². The Morgan fingerprint density at radius 1 is 1.24 bits per heavy atom. The standard InChI is InChI=1S/C14H19N3O4/c15-14(16)17-9-5-1-2-8-12(18)21-11-7-4-3-6-10(11)13(19)20/h3-4,6-7H,1-2,5,8-9H2,(H,19,20)(H4,15,16,17). The Kier molecular flexibility index (Phi) is 6.73. The number of nitrogens with two attached hydrogens (primary N) is 1. The summed E-state index contributed by atoms with van der Waals surface area (Å²) in [5.41, 5.74) is 5.10. The Hall–Kier alpha value is -2.57. The van der Waals surface area contributed by atoms with E-state index in [0.29, 0.717) is 13.0 Å². The van der Waals surface area contributed by atoms with Crippen LogP contribution >= 0.6 is 0 Å². The first-order chi connectivity index (χ1) is 10.0. The zero-order valence-electron chi connectivity index (χ0n) is 11.6. The molecule has 0 heterocycles. The summed E-state index contributed by atoms with van der Waals surface area (Å²) in [4.78, 5) is 22.6. The summed E-state index contributed by atoms with van der Waals surface area (Å²) in [7, 11) is 0. The first-order valence-corrected chi connectivity index (χ1v) is 6.61. The van der Waals surface area contributed by atoms with E-state index in [-0.39, 0.29) is 23.7 Å². The third-order valence-corrected chi connectivity index (χ3v) is 2.71. The van der Waals surface area contributed by atoms with Crippen LogP contribution in [0.2, 0.25) is 0 Å². The molecule has 0 saturated heterocycles. The van der Waals surface area contributed by atoms with Crippen LogP contribution in [0.4, 0.5) is 0 Å². The molecule has 0 aliphatic heterocycles. The lowest BCUT2D eigenvalue weighted by molar-refractivity contribution is -0.134. The Morgan fingerprint density at radius 2 is 1.95 bits per heavy atom. The number of hydrogen-bond acceptors (Lipinski definition) is 4. The van der Waals surface area contributed by atoms with E-state index < -0.39 is 11.9 Å². The molecule has 0 fully saturated rings. The number of nitrogens with one attached hydrogen (secondary N) is 2. The fourth-order valence-electron chi connectivity index (χ4n) is 1.70. The maximum Gasteiger partial charge on any atom is 0.339 e. The van der Waals surface area contributed by atoms with E-state index in [1.54, 1.807) is 12.1 Å². The molecule has 114 valence electrons. The highest BCUT2D eigenvalue weighted by atomic mass is 16.5. The molecule has 0 aliphatic rings. The van der Waals surface area contributed by atoms with E-state index in [2.05, 4.69) is 5.32 Å².